The molecule has 1 atom stereocenters. The van der Waals surface area contributed by atoms with Gasteiger partial charge in [-0.3, -0.25) is 9.59 Å². The Bertz CT molecular complexity index is 695. The summed E-state index contributed by atoms with van der Waals surface area (Å²) in [6, 6.07) is 9.72. The Hall–Kier alpha value is -2.76. The largest absolute Gasteiger partial charge is 0.491 e. The number of ether oxygens (including phenoxy) is 1. The van der Waals surface area contributed by atoms with E-state index in [1.165, 1.54) is 6.26 Å². The molecule has 1 aromatic heterocycles. The summed E-state index contributed by atoms with van der Waals surface area (Å²) in [6.07, 6.45) is 2.29. The second-order valence-electron chi connectivity index (χ2n) is 6.01. The summed E-state index contributed by atoms with van der Waals surface area (Å²) in [5.41, 5.74) is 0.582. The number of furan rings is 1. The predicted molar refractivity (Wildman–Crippen MR) is 95.7 cm³/mol. The number of nitrogens with one attached hydrogen (secondary N) is 2. The number of rotatable bonds is 8. The third-order valence-electron chi connectivity index (χ3n) is 3.59. The second kappa shape index (κ2) is 8.92. The molecule has 0 saturated heterocycles. The Kier molecular flexibility index (Phi) is 6.62. The van der Waals surface area contributed by atoms with E-state index in [1.807, 2.05) is 32.9 Å². The Balaban J connectivity index is 2.09. The van der Waals surface area contributed by atoms with E-state index in [9.17, 15) is 9.59 Å². The van der Waals surface area contributed by atoms with Gasteiger partial charge >= 0.3 is 0 Å². The summed E-state index contributed by atoms with van der Waals surface area (Å²) in [5, 5.41) is 5.56. The van der Waals surface area contributed by atoms with Gasteiger partial charge in [0.2, 0.25) is 5.91 Å². The molecule has 1 heterocycles. The van der Waals surface area contributed by atoms with Crippen molar-refractivity contribution in [2.24, 2.45) is 5.92 Å². The zero-order valence-electron chi connectivity index (χ0n) is 14.7. The minimum atomic E-state index is -0.697. The van der Waals surface area contributed by atoms with Gasteiger partial charge in [-0.05, 0) is 36.6 Å². The van der Waals surface area contributed by atoms with Gasteiger partial charge in [0, 0.05) is 0 Å². The van der Waals surface area contributed by atoms with E-state index in [4.69, 9.17) is 9.15 Å². The first-order chi connectivity index (χ1) is 12.0. The minimum absolute atomic E-state index is 0.0948. The van der Waals surface area contributed by atoms with Crippen molar-refractivity contribution in [1.29, 1.82) is 0 Å². The predicted octanol–water partition coefficient (Wildman–Crippen LogP) is 3.46. The van der Waals surface area contributed by atoms with Crippen LogP contribution in [-0.4, -0.2) is 24.5 Å². The second-order valence-corrected chi connectivity index (χ2v) is 6.01. The van der Waals surface area contributed by atoms with Crippen molar-refractivity contribution in [3.63, 3.8) is 0 Å². The van der Waals surface area contributed by atoms with E-state index in [1.54, 1.807) is 24.3 Å². The Morgan fingerprint density at radius 2 is 1.92 bits per heavy atom. The molecule has 25 heavy (non-hydrogen) atoms. The first-order valence-electron chi connectivity index (χ1n) is 8.40. The highest BCUT2D eigenvalue weighted by molar-refractivity contribution is 6.00. The smallest absolute Gasteiger partial charge is 0.287 e. The zero-order valence-corrected chi connectivity index (χ0v) is 14.7. The zero-order chi connectivity index (χ0) is 18.2. The van der Waals surface area contributed by atoms with Gasteiger partial charge in [-0.15, -0.1) is 0 Å². The summed E-state index contributed by atoms with van der Waals surface area (Å²) in [5.74, 6) is -0.0397. The molecule has 0 aliphatic rings. The number of hydrogen-bond acceptors (Lipinski definition) is 4. The van der Waals surface area contributed by atoms with Crippen molar-refractivity contribution in [3.8, 4) is 5.75 Å². The molecule has 2 N–H and O–H groups in total. The molecule has 0 spiro atoms. The van der Waals surface area contributed by atoms with E-state index in [-0.39, 0.29) is 17.6 Å². The van der Waals surface area contributed by atoms with Crippen LogP contribution in [0.25, 0.3) is 0 Å². The molecule has 0 saturated carbocycles. The van der Waals surface area contributed by atoms with Crippen LogP contribution in [0.2, 0.25) is 0 Å². The Labute approximate surface area is 147 Å². The summed E-state index contributed by atoms with van der Waals surface area (Å²) in [7, 11) is 0. The molecule has 6 nitrogen and oxygen atoms in total. The van der Waals surface area contributed by atoms with Crippen LogP contribution >= 0.6 is 0 Å². The standard InChI is InChI=1S/C19H24N2O4/c1-4-11-24-15-9-6-5-8-14(15)20-19(23)17(13(2)3)21-18(22)16-10-7-12-25-16/h5-10,12-13,17H,4,11H2,1-3H3,(H,20,23)(H,21,22)/t17-/m1/s1. The van der Waals surface area contributed by atoms with Crippen LogP contribution in [0.5, 0.6) is 5.75 Å². The molecule has 2 aromatic rings. The first kappa shape index (κ1) is 18.6. The van der Waals surface area contributed by atoms with Gasteiger partial charge in [0.15, 0.2) is 5.76 Å². The highest BCUT2D eigenvalue weighted by Gasteiger charge is 2.26. The third kappa shape index (κ3) is 5.11. The lowest BCUT2D eigenvalue weighted by molar-refractivity contribution is -0.118. The summed E-state index contributed by atoms with van der Waals surface area (Å²) < 4.78 is 10.7. The molecule has 0 bridgehead atoms. The fraction of sp³-hybridized carbons (Fsp3) is 0.368. The van der Waals surface area contributed by atoms with Crippen LogP contribution in [-0.2, 0) is 4.79 Å². The molecule has 0 aliphatic carbocycles. The molecule has 0 fully saturated rings. The van der Waals surface area contributed by atoms with Crippen molar-refractivity contribution in [3.05, 3.63) is 48.4 Å². The number of carbonyl (C=O) groups excluding carboxylic acids is 2. The topological polar surface area (TPSA) is 80.6 Å². The van der Waals surface area contributed by atoms with Crippen molar-refractivity contribution in [2.45, 2.75) is 33.2 Å². The molecule has 2 rings (SSSR count). The van der Waals surface area contributed by atoms with E-state index >= 15 is 0 Å². The van der Waals surface area contributed by atoms with Crippen LogP contribution < -0.4 is 15.4 Å². The van der Waals surface area contributed by atoms with Gasteiger partial charge in [-0.1, -0.05) is 32.9 Å². The highest BCUT2D eigenvalue weighted by Crippen LogP contribution is 2.24. The summed E-state index contributed by atoms with van der Waals surface area (Å²) in [4.78, 5) is 24.8. The van der Waals surface area contributed by atoms with Crippen LogP contribution in [0.15, 0.2) is 47.1 Å². The fourth-order valence-corrected chi connectivity index (χ4v) is 2.27. The minimum Gasteiger partial charge on any atom is -0.491 e. The molecular weight excluding hydrogens is 320 g/mol. The lowest BCUT2D eigenvalue weighted by Crippen LogP contribution is -2.47. The molecule has 6 heteroatoms. The molecule has 1 aromatic carbocycles. The Morgan fingerprint density at radius 3 is 2.56 bits per heavy atom. The van der Waals surface area contributed by atoms with Gasteiger partial charge in [0.1, 0.15) is 11.8 Å². The fourth-order valence-electron chi connectivity index (χ4n) is 2.27. The first-order valence-corrected chi connectivity index (χ1v) is 8.40. The normalized spacial score (nSPS) is 11.8. The van der Waals surface area contributed by atoms with E-state index in [0.29, 0.717) is 18.0 Å². The van der Waals surface area contributed by atoms with Crippen molar-refractivity contribution in [1.82, 2.24) is 5.32 Å². The highest BCUT2D eigenvalue weighted by atomic mass is 16.5. The SMILES string of the molecule is CCCOc1ccccc1NC(=O)[C@H](NC(=O)c1ccco1)C(C)C. The molecular formula is C19H24N2O4. The maximum atomic E-state index is 12.7. The lowest BCUT2D eigenvalue weighted by Gasteiger charge is -2.22. The molecule has 0 radical (unpaired) electrons. The number of hydrogen-bond donors (Lipinski definition) is 2. The monoisotopic (exact) mass is 344 g/mol. The maximum Gasteiger partial charge on any atom is 0.287 e. The van der Waals surface area contributed by atoms with Crippen LogP contribution in [0.3, 0.4) is 0 Å². The Morgan fingerprint density at radius 1 is 1.16 bits per heavy atom. The van der Waals surface area contributed by atoms with Gasteiger partial charge in [0.25, 0.3) is 5.91 Å². The number of carbonyl (C=O) groups is 2. The maximum absolute atomic E-state index is 12.7. The van der Waals surface area contributed by atoms with Gasteiger partial charge < -0.3 is 19.8 Å². The van der Waals surface area contributed by atoms with Crippen LogP contribution in [0.4, 0.5) is 5.69 Å². The number of anilines is 1. The van der Waals surface area contributed by atoms with Crippen molar-refractivity contribution in [2.75, 3.05) is 11.9 Å². The summed E-state index contributed by atoms with van der Waals surface area (Å²) in [6.45, 7) is 6.31. The molecule has 0 aliphatic heterocycles. The average molecular weight is 344 g/mol. The van der Waals surface area contributed by atoms with Gasteiger partial charge in [-0.2, -0.15) is 0 Å². The van der Waals surface area contributed by atoms with Gasteiger partial charge in [0.05, 0.1) is 18.6 Å². The van der Waals surface area contributed by atoms with E-state index < -0.39 is 11.9 Å². The van der Waals surface area contributed by atoms with Crippen LogP contribution in [0.1, 0.15) is 37.7 Å². The quantitative estimate of drug-likeness (QED) is 0.768. The number of para-hydroxylation sites is 2. The lowest BCUT2D eigenvalue weighted by atomic mass is 10.0. The number of benzene rings is 1. The average Bonchev–Trinajstić information content (AvgIpc) is 3.13. The van der Waals surface area contributed by atoms with Crippen molar-refractivity contribution < 1.29 is 18.7 Å². The van der Waals surface area contributed by atoms with Crippen molar-refractivity contribution >= 4 is 17.5 Å². The van der Waals surface area contributed by atoms with Gasteiger partial charge in [-0.25, -0.2) is 0 Å². The van der Waals surface area contributed by atoms with E-state index in [2.05, 4.69) is 10.6 Å². The molecule has 134 valence electrons. The number of amides is 2. The third-order valence-corrected chi connectivity index (χ3v) is 3.59. The molecule has 0 unspecified atom stereocenters. The summed E-state index contributed by atoms with van der Waals surface area (Å²) >= 11 is 0. The van der Waals surface area contributed by atoms with E-state index in [0.717, 1.165) is 6.42 Å². The van der Waals surface area contributed by atoms with Crippen LogP contribution in [0, 0.1) is 5.92 Å². The molecule has 2 amide bonds.